The van der Waals surface area contributed by atoms with E-state index >= 15 is 0 Å². The van der Waals surface area contributed by atoms with Crippen molar-refractivity contribution in [1.82, 2.24) is 0 Å². The summed E-state index contributed by atoms with van der Waals surface area (Å²) in [4.78, 5) is 9.92. The molecule has 0 saturated heterocycles. The van der Waals surface area contributed by atoms with Crippen molar-refractivity contribution in [1.29, 1.82) is 0 Å². The second-order valence-electron chi connectivity index (χ2n) is 4.26. The van der Waals surface area contributed by atoms with Gasteiger partial charge in [-0.25, -0.2) is 0 Å². The van der Waals surface area contributed by atoms with E-state index in [0.29, 0.717) is 17.6 Å². The van der Waals surface area contributed by atoms with Crippen LogP contribution >= 0.6 is 11.3 Å². The normalized spacial score (nSPS) is 12.9. The van der Waals surface area contributed by atoms with Crippen LogP contribution < -0.4 is 0 Å². The highest BCUT2D eigenvalue weighted by Crippen LogP contribution is 2.42. The zero-order chi connectivity index (χ0) is 11.9. The number of alkyl halides is 3. The van der Waals surface area contributed by atoms with Crippen molar-refractivity contribution in [3.63, 3.8) is 0 Å². The van der Waals surface area contributed by atoms with Crippen LogP contribution in [0.1, 0.15) is 40.9 Å². The first-order valence-electron chi connectivity index (χ1n) is 4.33. The first-order chi connectivity index (χ1) is 6.66. The van der Waals surface area contributed by atoms with Gasteiger partial charge < -0.3 is 0 Å². The second kappa shape index (κ2) is 3.63. The Kier molecular flexibility index (Phi) is 2.96. The van der Waals surface area contributed by atoms with Crippen LogP contribution in [-0.2, 0) is 11.6 Å². The third-order valence-electron chi connectivity index (χ3n) is 1.93. The molecule has 0 aliphatic rings. The van der Waals surface area contributed by atoms with Crippen molar-refractivity contribution in [3.05, 3.63) is 21.4 Å². The number of aldehydes is 1. The van der Waals surface area contributed by atoms with Gasteiger partial charge in [-0.1, -0.05) is 20.8 Å². The molecule has 0 N–H and O–H groups in total. The molecule has 0 radical (unpaired) electrons. The molecule has 0 spiro atoms. The Bertz CT molecular complexity index is 339. The summed E-state index contributed by atoms with van der Waals surface area (Å²) >= 11 is 0.500. The lowest BCUT2D eigenvalue weighted by molar-refractivity contribution is -0.135. The molecule has 0 aromatic carbocycles. The predicted molar refractivity (Wildman–Crippen MR) is 53.4 cm³/mol. The highest BCUT2D eigenvalue weighted by Gasteiger charge is 2.38. The van der Waals surface area contributed by atoms with Gasteiger partial charge in [-0.15, -0.1) is 11.3 Å². The van der Waals surface area contributed by atoms with Gasteiger partial charge in [0.2, 0.25) is 0 Å². The molecule has 0 fully saturated rings. The van der Waals surface area contributed by atoms with E-state index in [4.69, 9.17) is 0 Å². The lowest BCUT2D eigenvalue weighted by atomic mass is 9.87. The number of carbonyl (C=O) groups excluding carboxylic acids is 1. The molecule has 0 aliphatic carbocycles. The Labute approximate surface area is 89.9 Å². The quantitative estimate of drug-likeness (QED) is 0.676. The summed E-state index contributed by atoms with van der Waals surface area (Å²) in [5, 5.41) is 0. The van der Waals surface area contributed by atoms with E-state index in [0.717, 1.165) is 0 Å². The van der Waals surface area contributed by atoms with Crippen LogP contribution in [0.3, 0.4) is 0 Å². The first kappa shape index (κ1) is 12.2. The van der Waals surface area contributed by atoms with E-state index in [1.54, 1.807) is 20.8 Å². The van der Waals surface area contributed by atoms with Crippen LogP contribution in [-0.4, -0.2) is 6.29 Å². The fourth-order valence-corrected chi connectivity index (χ4v) is 2.29. The van der Waals surface area contributed by atoms with Crippen molar-refractivity contribution >= 4 is 17.6 Å². The van der Waals surface area contributed by atoms with Crippen LogP contribution in [0, 0.1) is 0 Å². The van der Waals surface area contributed by atoms with Gasteiger partial charge in [0.25, 0.3) is 0 Å². The monoisotopic (exact) mass is 236 g/mol. The van der Waals surface area contributed by atoms with Crippen LogP contribution in [0.15, 0.2) is 6.07 Å². The topological polar surface area (TPSA) is 17.1 Å². The average Bonchev–Trinajstić information content (AvgIpc) is 2.44. The molecule has 1 aromatic heterocycles. The Balaban J connectivity index is 3.37. The van der Waals surface area contributed by atoms with Crippen LogP contribution in [0.25, 0.3) is 0 Å². The summed E-state index contributed by atoms with van der Waals surface area (Å²) in [5.74, 6) is 0. The van der Waals surface area contributed by atoms with Crippen molar-refractivity contribution in [2.24, 2.45) is 0 Å². The van der Waals surface area contributed by atoms with E-state index in [-0.39, 0.29) is 10.4 Å². The third-order valence-corrected chi connectivity index (χ3v) is 3.04. The molecule has 0 aliphatic heterocycles. The van der Waals surface area contributed by atoms with Crippen LogP contribution in [0.2, 0.25) is 0 Å². The summed E-state index contributed by atoms with van der Waals surface area (Å²) < 4.78 is 37.9. The molecule has 5 heteroatoms. The Morgan fingerprint density at radius 3 is 2.07 bits per heavy atom. The molecule has 0 saturated carbocycles. The fourth-order valence-electron chi connectivity index (χ4n) is 1.24. The van der Waals surface area contributed by atoms with Gasteiger partial charge in [-0.3, -0.25) is 4.79 Å². The summed E-state index contributed by atoms with van der Waals surface area (Å²) in [5.41, 5.74) is -0.426. The number of thiophene rings is 1. The van der Waals surface area contributed by atoms with E-state index in [9.17, 15) is 18.0 Å². The molecule has 84 valence electrons. The van der Waals surface area contributed by atoms with Gasteiger partial charge in [0, 0.05) is 0 Å². The van der Waals surface area contributed by atoms with Gasteiger partial charge in [-0.05, 0) is 17.0 Å². The molecule has 1 aromatic rings. The zero-order valence-corrected chi connectivity index (χ0v) is 9.42. The number of rotatable bonds is 1. The molecular formula is C10H11F3OS. The second-order valence-corrected chi connectivity index (χ2v) is 5.34. The van der Waals surface area contributed by atoms with Gasteiger partial charge >= 0.3 is 6.18 Å². The number of carbonyl (C=O) groups is 1. The SMILES string of the molecule is CC(C)(C)c1cc(C=O)sc1C(F)(F)F. The minimum Gasteiger partial charge on any atom is -0.297 e. The van der Waals surface area contributed by atoms with E-state index in [1.165, 1.54) is 6.07 Å². The molecule has 15 heavy (non-hydrogen) atoms. The molecule has 0 unspecified atom stereocenters. The molecular weight excluding hydrogens is 225 g/mol. The highest BCUT2D eigenvalue weighted by molar-refractivity contribution is 7.13. The number of halogens is 3. The predicted octanol–water partition coefficient (Wildman–Crippen LogP) is 3.88. The van der Waals surface area contributed by atoms with Crippen molar-refractivity contribution in [2.75, 3.05) is 0 Å². The minimum atomic E-state index is -4.38. The van der Waals surface area contributed by atoms with Gasteiger partial charge in [0.1, 0.15) is 4.88 Å². The zero-order valence-electron chi connectivity index (χ0n) is 8.61. The smallest absolute Gasteiger partial charge is 0.297 e. The summed E-state index contributed by atoms with van der Waals surface area (Å²) in [7, 11) is 0. The summed E-state index contributed by atoms with van der Waals surface area (Å²) in [6.45, 7) is 5.08. The van der Waals surface area contributed by atoms with Gasteiger partial charge in [0.05, 0.1) is 4.88 Å². The van der Waals surface area contributed by atoms with Gasteiger partial charge in [-0.2, -0.15) is 13.2 Å². The molecule has 1 nitrogen and oxygen atoms in total. The van der Waals surface area contributed by atoms with Crippen molar-refractivity contribution in [2.45, 2.75) is 32.4 Å². The van der Waals surface area contributed by atoms with Gasteiger partial charge in [0.15, 0.2) is 6.29 Å². The maximum Gasteiger partial charge on any atom is 0.425 e. The Morgan fingerprint density at radius 2 is 1.80 bits per heavy atom. The van der Waals surface area contributed by atoms with Crippen molar-refractivity contribution in [3.8, 4) is 0 Å². The van der Waals surface area contributed by atoms with Crippen LogP contribution in [0.5, 0.6) is 0 Å². The standard InChI is InChI=1S/C10H11F3OS/c1-9(2,3)7-4-6(5-14)15-8(7)10(11,12)13/h4-5H,1-3H3. The Hall–Kier alpha value is -0.840. The van der Waals surface area contributed by atoms with Crippen molar-refractivity contribution < 1.29 is 18.0 Å². The highest BCUT2D eigenvalue weighted by atomic mass is 32.1. The van der Waals surface area contributed by atoms with Crippen LogP contribution in [0.4, 0.5) is 13.2 Å². The molecule has 1 rings (SSSR count). The third kappa shape index (κ3) is 2.59. The molecule has 0 atom stereocenters. The van der Waals surface area contributed by atoms with E-state index in [2.05, 4.69) is 0 Å². The lowest BCUT2D eigenvalue weighted by Crippen LogP contribution is -2.16. The number of hydrogen-bond donors (Lipinski definition) is 0. The fraction of sp³-hybridized carbons (Fsp3) is 0.500. The number of hydrogen-bond acceptors (Lipinski definition) is 2. The first-order valence-corrected chi connectivity index (χ1v) is 5.14. The average molecular weight is 236 g/mol. The van der Waals surface area contributed by atoms with E-state index < -0.39 is 16.5 Å². The summed E-state index contributed by atoms with van der Waals surface area (Å²) in [6.07, 6.45) is -3.93. The minimum absolute atomic E-state index is 0.118. The van der Waals surface area contributed by atoms with E-state index in [1.807, 2.05) is 0 Å². The Morgan fingerprint density at radius 1 is 1.27 bits per heavy atom. The maximum absolute atomic E-state index is 12.6. The summed E-state index contributed by atoms with van der Waals surface area (Å²) in [6, 6.07) is 1.32. The lowest BCUT2D eigenvalue weighted by Gasteiger charge is -2.20. The molecule has 0 amide bonds. The molecule has 0 bridgehead atoms. The maximum atomic E-state index is 12.6. The molecule has 1 heterocycles. The largest absolute Gasteiger partial charge is 0.425 e.